The van der Waals surface area contributed by atoms with Gasteiger partial charge < -0.3 is 22.1 Å². The minimum absolute atomic E-state index is 0.260. The van der Waals surface area contributed by atoms with Crippen molar-refractivity contribution in [2.75, 3.05) is 22.1 Å². The molecule has 200 valence electrons. The van der Waals surface area contributed by atoms with Crippen LogP contribution in [-0.2, 0) is 14.1 Å². The summed E-state index contributed by atoms with van der Waals surface area (Å²) in [5.41, 5.74) is 17.8. The number of nitrogens with zero attached hydrogens (tertiary/aromatic N) is 6. The lowest BCUT2D eigenvalue weighted by atomic mass is 10.1. The van der Waals surface area contributed by atoms with Gasteiger partial charge in [0.2, 0.25) is 23.8 Å². The van der Waals surface area contributed by atoms with E-state index in [1.807, 2.05) is 60.7 Å². The zero-order chi connectivity index (χ0) is 27.9. The Bertz CT molecular complexity index is 1640. The van der Waals surface area contributed by atoms with Crippen molar-refractivity contribution in [3.63, 3.8) is 0 Å². The van der Waals surface area contributed by atoms with Crippen LogP contribution in [0.5, 0.6) is 0 Å². The van der Waals surface area contributed by atoms with Crippen LogP contribution in [0.4, 0.5) is 35.2 Å². The summed E-state index contributed by atoms with van der Waals surface area (Å²) < 4.78 is 3.14. The van der Waals surface area contributed by atoms with Crippen molar-refractivity contribution in [2.45, 2.75) is 0 Å². The molecule has 0 aliphatic heterocycles. The molecule has 6 rings (SSSR count). The second kappa shape index (κ2) is 11.8. The van der Waals surface area contributed by atoms with Gasteiger partial charge in [-0.3, -0.25) is 0 Å². The number of benzene rings is 4. The first-order valence-electron chi connectivity index (χ1n) is 12.6. The molecule has 40 heavy (non-hydrogen) atoms. The Labute approximate surface area is 232 Å². The average molecular weight is 531 g/mol. The molecule has 0 aliphatic carbocycles. The van der Waals surface area contributed by atoms with E-state index in [1.54, 1.807) is 18.8 Å². The first-order chi connectivity index (χ1) is 19.4. The number of hydrogen-bond acceptors (Lipinski definition) is 8. The Morgan fingerprint density at radius 3 is 1.43 bits per heavy atom. The molecule has 0 atom stereocenters. The van der Waals surface area contributed by atoms with Crippen LogP contribution < -0.4 is 22.1 Å². The third-order valence-corrected chi connectivity index (χ3v) is 6.07. The molecule has 0 spiro atoms. The molecule has 0 fully saturated rings. The largest absolute Gasteiger partial charge is 0.368 e. The number of hydrogen-bond donors (Lipinski definition) is 4. The highest BCUT2D eigenvalue weighted by atomic mass is 15.4. The Kier molecular flexibility index (Phi) is 7.68. The molecule has 6 N–H and O–H groups in total. The van der Waals surface area contributed by atoms with Gasteiger partial charge >= 0.3 is 0 Å². The van der Waals surface area contributed by atoms with E-state index in [1.165, 1.54) is 26.9 Å². The summed E-state index contributed by atoms with van der Waals surface area (Å²) in [6.07, 6.45) is 0. The van der Waals surface area contributed by atoms with Crippen LogP contribution in [-0.4, -0.2) is 29.5 Å². The van der Waals surface area contributed by atoms with Crippen molar-refractivity contribution in [2.24, 2.45) is 14.1 Å². The van der Waals surface area contributed by atoms with Gasteiger partial charge in [-0.25, -0.2) is 9.36 Å². The summed E-state index contributed by atoms with van der Waals surface area (Å²) in [5, 5.41) is 14.5. The number of aromatic nitrogens is 6. The van der Waals surface area contributed by atoms with Gasteiger partial charge in [0.05, 0.1) is 0 Å². The minimum atomic E-state index is 0.260. The van der Waals surface area contributed by atoms with E-state index in [2.05, 4.69) is 79.3 Å². The molecule has 0 radical (unpaired) electrons. The van der Waals surface area contributed by atoms with E-state index < -0.39 is 0 Å². The van der Waals surface area contributed by atoms with E-state index in [0.717, 1.165) is 11.4 Å². The fourth-order valence-electron chi connectivity index (χ4n) is 3.97. The second-order valence-electron chi connectivity index (χ2n) is 8.97. The van der Waals surface area contributed by atoms with Crippen molar-refractivity contribution < 1.29 is 0 Å². The number of anilines is 6. The van der Waals surface area contributed by atoms with Gasteiger partial charge in [-0.1, -0.05) is 84.9 Å². The second-order valence-corrected chi connectivity index (χ2v) is 8.97. The standard InChI is InChI=1S/2C15H15N5/c1-20-14(16)18-15(19-20)17-13-9-7-12(8-10-13)11-5-3-2-4-6-11;1-20-15(18-14(16)19-20)17-13-9-7-12(8-10-13)11-5-3-2-4-6-11/h2*2-10H,1H3,(H3,16,17,18,19). The molecule has 10 heteroatoms. The van der Waals surface area contributed by atoms with Crippen LogP contribution in [0.1, 0.15) is 0 Å². The van der Waals surface area contributed by atoms with Gasteiger partial charge in [0, 0.05) is 25.5 Å². The monoisotopic (exact) mass is 530 g/mol. The molecule has 2 heterocycles. The summed E-state index contributed by atoms with van der Waals surface area (Å²) in [6, 6.07) is 36.8. The molecular weight excluding hydrogens is 500 g/mol. The highest BCUT2D eigenvalue weighted by Gasteiger charge is 2.06. The van der Waals surface area contributed by atoms with E-state index in [9.17, 15) is 0 Å². The molecule has 0 amide bonds. The van der Waals surface area contributed by atoms with Crippen molar-refractivity contribution in [3.8, 4) is 22.3 Å². The number of nitrogens with one attached hydrogen (secondary N) is 2. The number of nitrogens with two attached hydrogens (primary N) is 2. The lowest BCUT2D eigenvalue weighted by Gasteiger charge is -2.06. The number of nitrogen functional groups attached to an aromatic ring is 2. The summed E-state index contributed by atoms with van der Waals surface area (Å²) in [4.78, 5) is 8.21. The zero-order valence-electron chi connectivity index (χ0n) is 22.2. The average Bonchev–Trinajstić information content (AvgIpc) is 3.48. The third kappa shape index (κ3) is 6.43. The molecule has 10 nitrogen and oxygen atoms in total. The minimum Gasteiger partial charge on any atom is -0.368 e. The molecule has 0 bridgehead atoms. The lowest BCUT2D eigenvalue weighted by Crippen LogP contribution is -2.00. The van der Waals surface area contributed by atoms with E-state index >= 15 is 0 Å². The molecular formula is C30H30N10. The highest BCUT2D eigenvalue weighted by Crippen LogP contribution is 2.23. The predicted octanol–water partition coefficient (Wildman–Crippen LogP) is 5.62. The normalized spacial score (nSPS) is 10.4. The van der Waals surface area contributed by atoms with Gasteiger partial charge in [0.15, 0.2) is 0 Å². The zero-order valence-corrected chi connectivity index (χ0v) is 22.2. The van der Waals surface area contributed by atoms with Gasteiger partial charge in [0.25, 0.3) is 0 Å². The van der Waals surface area contributed by atoms with Crippen LogP contribution in [0.2, 0.25) is 0 Å². The quantitative estimate of drug-likeness (QED) is 0.218. The number of rotatable bonds is 6. The smallest absolute Gasteiger partial charge is 0.248 e. The van der Waals surface area contributed by atoms with Crippen LogP contribution in [0, 0.1) is 0 Å². The predicted molar refractivity (Wildman–Crippen MR) is 161 cm³/mol. The van der Waals surface area contributed by atoms with Gasteiger partial charge in [0.1, 0.15) is 0 Å². The fraction of sp³-hybridized carbons (Fsp3) is 0.0667. The van der Waals surface area contributed by atoms with Crippen molar-refractivity contribution in [3.05, 3.63) is 109 Å². The van der Waals surface area contributed by atoms with Crippen LogP contribution in [0.3, 0.4) is 0 Å². The first-order valence-corrected chi connectivity index (χ1v) is 12.6. The maximum atomic E-state index is 5.64. The van der Waals surface area contributed by atoms with E-state index in [4.69, 9.17) is 11.5 Å². The molecule has 0 aliphatic rings. The summed E-state index contributed by atoms with van der Waals surface area (Å²) >= 11 is 0. The fourth-order valence-corrected chi connectivity index (χ4v) is 3.97. The Morgan fingerprint density at radius 2 is 1.00 bits per heavy atom. The van der Waals surface area contributed by atoms with Crippen molar-refractivity contribution >= 4 is 35.2 Å². The Balaban J connectivity index is 0.000000161. The SMILES string of the molecule is Cn1nc(N)nc1Nc1ccc(-c2ccccc2)cc1.Cn1nc(Nc2ccc(-c3ccccc3)cc2)nc1N. The van der Waals surface area contributed by atoms with Crippen LogP contribution in [0.25, 0.3) is 22.3 Å². The van der Waals surface area contributed by atoms with Gasteiger partial charge in [-0.05, 0) is 46.5 Å². The summed E-state index contributed by atoms with van der Waals surface area (Å²) in [7, 11) is 3.55. The molecule has 0 unspecified atom stereocenters. The van der Waals surface area contributed by atoms with Gasteiger partial charge in [-0.2, -0.15) is 9.97 Å². The third-order valence-electron chi connectivity index (χ3n) is 6.07. The van der Waals surface area contributed by atoms with Gasteiger partial charge in [-0.15, -0.1) is 10.2 Å². The Hall–Kier alpha value is -5.64. The molecule has 2 aromatic heterocycles. The molecule has 0 saturated heterocycles. The lowest BCUT2D eigenvalue weighted by molar-refractivity contribution is 0.779. The Morgan fingerprint density at radius 1 is 0.525 bits per heavy atom. The number of aryl methyl sites for hydroxylation is 2. The molecule has 6 aromatic rings. The van der Waals surface area contributed by atoms with Crippen molar-refractivity contribution in [1.82, 2.24) is 29.5 Å². The maximum absolute atomic E-state index is 5.64. The van der Waals surface area contributed by atoms with Crippen LogP contribution in [0.15, 0.2) is 109 Å². The van der Waals surface area contributed by atoms with E-state index in [-0.39, 0.29) is 5.95 Å². The highest BCUT2D eigenvalue weighted by molar-refractivity contribution is 5.68. The molecule has 4 aromatic carbocycles. The summed E-state index contributed by atoms with van der Waals surface area (Å²) in [5.74, 6) is 1.76. The van der Waals surface area contributed by atoms with E-state index in [0.29, 0.717) is 17.8 Å². The maximum Gasteiger partial charge on any atom is 0.248 e. The first kappa shape index (κ1) is 26.0. The summed E-state index contributed by atoms with van der Waals surface area (Å²) in [6.45, 7) is 0. The van der Waals surface area contributed by atoms with Crippen molar-refractivity contribution in [1.29, 1.82) is 0 Å². The molecule has 0 saturated carbocycles. The topological polar surface area (TPSA) is 138 Å². The van der Waals surface area contributed by atoms with Crippen LogP contribution >= 0.6 is 0 Å².